The van der Waals surface area contributed by atoms with Crippen LogP contribution in [0.3, 0.4) is 0 Å². The second-order valence-electron chi connectivity index (χ2n) is 6.21. The normalized spacial score (nSPS) is 19.6. The molecule has 0 radical (unpaired) electrons. The molecule has 6 nitrogen and oxygen atoms in total. The first-order chi connectivity index (χ1) is 10.7. The van der Waals surface area contributed by atoms with Gasteiger partial charge in [0.25, 0.3) is 5.91 Å². The minimum Gasteiger partial charge on any atom is -0.393 e. The lowest BCUT2D eigenvalue weighted by Crippen LogP contribution is -2.40. The van der Waals surface area contributed by atoms with E-state index in [1.54, 1.807) is 9.58 Å². The predicted molar refractivity (Wildman–Crippen MR) is 80.7 cm³/mol. The average molecular weight is 305 g/mol. The highest BCUT2D eigenvalue weighted by molar-refractivity contribution is 5.94. The van der Waals surface area contributed by atoms with Gasteiger partial charge in [-0.05, 0) is 38.5 Å². The Balaban J connectivity index is 1.89. The summed E-state index contributed by atoms with van der Waals surface area (Å²) in [6.45, 7) is 1.37. The third-order valence-corrected chi connectivity index (χ3v) is 4.71. The summed E-state index contributed by atoms with van der Waals surface area (Å²) >= 11 is 0. The molecular weight excluding hydrogens is 282 g/mol. The highest BCUT2D eigenvalue weighted by Gasteiger charge is 2.29. The fourth-order valence-corrected chi connectivity index (χ4v) is 3.46. The number of carbonyl (C=O) groups excluding carboxylic acids is 2. The standard InChI is InChI=1S/C16H23N3O3/c20-11-10-19-14-5-3-1-2-4-13(14)15(17-19)16(22)18-8-6-12(21)7-9-18/h11-12,21H,1-10H2. The zero-order chi connectivity index (χ0) is 15.5. The molecule has 2 aliphatic rings. The number of aromatic nitrogens is 2. The van der Waals surface area contributed by atoms with Crippen molar-refractivity contribution in [2.75, 3.05) is 13.1 Å². The van der Waals surface area contributed by atoms with Crippen molar-refractivity contribution in [3.05, 3.63) is 17.0 Å². The predicted octanol–water partition coefficient (Wildman–Crippen LogP) is 0.948. The molecule has 1 amide bonds. The van der Waals surface area contributed by atoms with E-state index >= 15 is 0 Å². The minimum atomic E-state index is -0.297. The van der Waals surface area contributed by atoms with Gasteiger partial charge in [0, 0.05) is 24.3 Å². The maximum Gasteiger partial charge on any atom is 0.274 e. The molecule has 0 aromatic carbocycles. The first-order valence-electron chi connectivity index (χ1n) is 8.20. The van der Waals surface area contributed by atoms with Crippen molar-refractivity contribution < 1.29 is 14.7 Å². The van der Waals surface area contributed by atoms with Gasteiger partial charge in [-0.3, -0.25) is 9.48 Å². The maximum atomic E-state index is 12.8. The Bertz CT molecular complexity index is 559. The molecule has 1 fully saturated rings. The summed E-state index contributed by atoms with van der Waals surface area (Å²) in [7, 11) is 0. The Kier molecular flexibility index (Phi) is 4.57. The number of aliphatic hydroxyl groups excluding tert-OH is 1. The Labute approximate surface area is 130 Å². The molecule has 0 spiro atoms. The summed E-state index contributed by atoms with van der Waals surface area (Å²) in [4.78, 5) is 25.5. The average Bonchev–Trinajstić information content (AvgIpc) is 2.71. The highest BCUT2D eigenvalue weighted by Crippen LogP contribution is 2.25. The molecule has 120 valence electrons. The minimum absolute atomic E-state index is 0.0466. The number of hydrogen-bond acceptors (Lipinski definition) is 4. The molecule has 1 saturated heterocycles. The lowest BCUT2D eigenvalue weighted by atomic mass is 10.0. The topological polar surface area (TPSA) is 75.4 Å². The number of likely N-dealkylation sites (tertiary alicyclic amines) is 1. The second-order valence-corrected chi connectivity index (χ2v) is 6.21. The molecule has 1 N–H and O–H groups in total. The Hall–Kier alpha value is -1.69. The van der Waals surface area contributed by atoms with Crippen molar-refractivity contribution in [2.45, 2.75) is 57.6 Å². The molecule has 22 heavy (non-hydrogen) atoms. The molecule has 0 unspecified atom stereocenters. The molecule has 3 rings (SSSR count). The van der Waals surface area contributed by atoms with E-state index in [2.05, 4.69) is 5.10 Å². The third-order valence-electron chi connectivity index (χ3n) is 4.71. The number of carbonyl (C=O) groups is 2. The van der Waals surface area contributed by atoms with Crippen LogP contribution in [0, 0.1) is 0 Å². The van der Waals surface area contributed by atoms with Gasteiger partial charge in [-0.1, -0.05) is 6.42 Å². The third kappa shape index (κ3) is 2.92. The van der Waals surface area contributed by atoms with Crippen molar-refractivity contribution in [1.82, 2.24) is 14.7 Å². The van der Waals surface area contributed by atoms with Crippen LogP contribution in [-0.4, -0.2) is 51.2 Å². The van der Waals surface area contributed by atoms with Crippen LogP contribution in [0.1, 0.15) is 53.8 Å². The molecule has 1 aromatic rings. The molecular formula is C16H23N3O3. The zero-order valence-corrected chi connectivity index (χ0v) is 12.8. The molecule has 0 bridgehead atoms. The van der Waals surface area contributed by atoms with E-state index < -0.39 is 0 Å². The van der Waals surface area contributed by atoms with Crippen molar-refractivity contribution >= 4 is 12.2 Å². The number of amides is 1. The van der Waals surface area contributed by atoms with Gasteiger partial charge in [0.1, 0.15) is 6.29 Å². The van der Waals surface area contributed by atoms with Crippen LogP contribution in [0.5, 0.6) is 0 Å². The smallest absolute Gasteiger partial charge is 0.274 e. The molecule has 1 aliphatic heterocycles. The molecule has 0 saturated carbocycles. The quantitative estimate of drug-likeness (QED) is 0.666. The highest BCUT2D eigenvalue weighted by atomic mass is 16.3. The van der Waals surface area contributed by atoms with Gasteiger partial charge in [0.15, 0.2) is 5.69 Å². The van der Waals surface area contributed by atoms with Crippen LogP contribution in [0.15, 0.2) is 0 Å². The number of aliphatic hydroxyl groups is 1. The molecule has 0 atom stereocenters. The van der Waals surface area contributed by atoms with Gasteiger partial charge in [-0.25, -0.2) is 0 Å². The lowest BCUT2D eigenvalue weighted by molar-refractivity contribution is -0.108. The fraction of sp³-hybridized carbons (Fsp3) is 0.688. The van der Waals surface area contributed by atoms with Crippen LogP contribution in [0.25, 0.3) is 0 Å². The van der Waals surface area contributed by atoms with Crippen LogP contribution < -0.4 is 0 Å². The van der Waals surface area contributed by atoms with Crippen LogP contribution in [0.2, 0.25) is 0 Å². The summed E-state index contributed by atoms with van der Waals surface area (Å²) in [5.74, 6) is -0.0466. The van der Waals surface area contributed by atoms with Gasteiger partial charge < -0.3 is 14.8 Å². The second kappa shape index (κ2) is 6.60. The van der Waals surface area contributed by atoms with E-state index in [1.165, 1.54) is 0 Å². The van der Waals surface area contributed by atoms with E-state index in [0.717, 1.165) is 49.6 Å². The largest absolute Gasteiger partial charge is 0.393 e. The summed E-state index contributed by atoms with van der Waals surface area (Å²) in [6, 6.07) is 0. The first kappa shape index (κ1) is 15.2. The zero-order valence-electron chi connectivity index (χ0n) is 12.8. The lowest BCUT2D eigenvalue weighted by Gasteiger charge is -2.29. The summed E-state index contributed by atoms with van der Waals surface area (Å²) < 4.78 is 1.71. The van der Waals surface area contributed by atoms with E-state index in [9.17, 15) is 14.7 Å². The SMILES string of the molecule is O=CCn1nc(C(=O)N2CCC(O)CC2)c2c1CCCCC2. The fourth-order valence-electron chi connectivity index (χ4n) is 3.46. The number of fused-ring (bicyclic) bond motifs is 1. The number of nitrogens with zero attached hydrogens (tertiary/aromatic N) is 3. The summed E-state index contributed by atoms with van der Waals surface area (Å²) in [5.41, 5.74) is 2.62. The summed E-state index contributed by atoms with van der Waals surface area (Å²) in [5, 5.41) is 14.0. The van der Waals surface area contributed by atoms with E-state index in [4.69, 9.17) is 0 Å². The van der Waals surface area contributed by atoms with E-state index in [0.29, 0.717) is 31.6 Å². The maximum absolute atomic E-state index is 12.8. The molecule has 1 aliphatic carbocycles. The Morgan fingerprint density at radius 1 is 1.23 bits per heavy atom. The molecule has 1 aromatic heterocycles. The van der Waals surface area contributed by atoms with Crippen molar-refractivity contribution in [2.24, 2.45) is 0 Å². The van der Waals surface area contributed by atoms with Gasteiger partial charge >= 0.3 is 0 Å². The number of aldehydes is 1. The van der Waals surface area contributed by atoms with Crippen LogP contribution in [-0.2, 0) is 24.2 Å². The van der Waals surface area contributed by atoms with Crippen molar-refractivity contribution in [1.29, 1.82) is 0 Å². The monoisotopic (exact) mass is 305 g/mol. The number of piperidine rings is 1. The number of rotatable bonds is 3. The van der Waals surface area contributed by atoms with Gasteiger partial charge in [-0.15, -0.1) is 0 Å². The van der Waals surface area contributed by atoms with Crippen molar-refractivity contribution in [3.8, 4) is 0 Å². The van der Waals surface area contributed by atoms with E-state index in [1.807, 2.05) is 0 Å². The Morgan fingerprint density at radius 2 is 1.95 bits per heavy atom. The molecule has 6 heteroatoms. The summed E-state index contributed by atoms with van der Waals surface area (Å²) in [6.07, 6.45) is 6.86. The Morgan fingerprint density at radius 3 is 2.68 bits per heavy atom. The van der Waals surface area contributed by atoms with Gasteiger partial charge in [-0.2, -0.15) is 5.10 Å². The van der Waals surface area contributed by atoms with Gasteiger partial charge in [0.2, 0.25) is 0 Å². The van der Waals surface area contributed by atoms with Crippen LogP contribution in [0.4, 0.5) is 0 Å². The first-order valence-corrected chi connectivity index (χ1v) is 8.20. The molecule has 2 heterocycles. The number of hydrogen-bond donors (Lipinski definition) is 1. The van der Waals surface area contributed by atoms with Crippen LogP contribution >= 0.6 is 0 Å². The van der Waals surface area contributed by atoms with Gasteiger partial charge in [0.05, 0.1) is 12.6 Å². The van der Waals surface area contributed by atoms with E-state index in [-0.39, 0.29) is 18.6 Å². The van der Waals surface area contributed by atoms with Crippen molar-refractivity contribution in [3.63, 3.8) is 0 Å².